The topological polar surface area (TPSA) is 56.7 Å². The van der Waals surface area contributed by atoms with Gasteiger partial charge in [0, 0.05) is 23.6 Å². The van der Waals surface area contributed by atoms with Gasteiger partial charge < -0.3 is 10.3 Å². The maximum Gasteiger partial charge on any atom is 0.221 e. The lowest BCUT2D eigenvalue weighted by molar-refractivity contribution is 1.08. The molecule has 3 heterocycles. The largest absolute Gasteiger partial charge is 0.368 e. The van der Waals surface area contributed by atoms with E-state index in [0.29, 0.717) is 5.95 Å². The van der Waals surface area contributed by atoms with E-state index in [9.17, 15) is 0 Å². The summed E-state index contributed by atoms with van der Waals surface area (Å²) >= 11 is 1.64. The number of aromatic nitrogens is 3. The van der Waals surface area contributed by atoms with Crippen molar-refractivity contribution in [1.29, 1.82) is 0 Å². The van der Waals surface area contributed by atoms with Crippen LogP contribution in [-0.4, -0.2) is 14.5 Å². The normalized spacial score (nSPS) is 10.8. The molecule has 3 aromatic heterocycles. The molecule has 0 radical (unpaired) electrons. The highest BCUT2D eigenvalue weighted by atomic mass is 32.1. The number of nitrogen functional groups attached to an aromatic ring is 1. The minimum atomic E-state index is 0.292. The van der Waals surface area contributed by atoms with Crippen LogP contribution in [0.1, 0.15) is 0 Å². The number of nitrogens with two attached hydrogens (primary N) is 1. The summed E-state index contributed by atoms with van der Waals surface area (Å²) in [5.41, 5.74) is 9.71. The highest BCUT2D eigenvalue weighted by molar-refractivity contribution is 7.13. The lowest BCUT2D eigenvalue weighted by atomic mass is 10.1. The zero-order chi connectivity index (χ0) is 15.6. The molecule has 0 unspecified atom stereocenters. The Bertz CT molecular complexity index is 910. The second-order valence-corrected chi connectivity index (χ2v) is 6.06. The Hall–Kier alpha value is -2.92. The number of hydrogen-bond acceptors (Lipinski definition) is 4. The molecule has 0 atom stereocenters. The summed E-state index contributed by atoms with van der Waals surface area (Å²) in [6, 6.07) is 18.3. The molecule has 0 fully saturated rings. The number of rotatable bonds is 3. The fourth-order valence-corrected chi connectivity index (χ4v) is 3.16. The van der Waals surface area contributed by atoms with Crippen LogP contribution in [0.2, 0.25) is 0 Å². The average molecular weight is 318 g/mol. The monoisotopic (exact) mass is 318 g/mol. The number of thiophene rings is 1. The van der Waals surface area contributed by atoms with Crippen LogP contribution < -0.4 is 5.73 Å². The molecule has 5 heteroatoms. The molecule has 0 saturated heterocycles. The Labute approximate surface area is 137 Å². The average Bonchev–Trinajstić information content (AvgIpc) is 3.28. The Morgan fingerprint density at radius 3 is 2.30 bits per heavy atom. The SMILES string of the molecule is Nc1nc(-c2ccc(-n3cccc3)cc2)cc(-c2cccs2)n1. The zero-order valence-corrected chi connectivity index (χ0v) is 13.1. The van der Waals surface area contributed by atoms with Crippen molar-refractivity contribution in [1.82, 2.24) is 14.5 Å². The molecular weight excluding hydrogens is 304 g/mol. The van der Waals surface area contributed by atoms with Gasteiger partial charge in [-0.25, -0.2) is 9.97 Å². The summed E-state index contributed by atoms with van der Waals surface area (Å²) in [5, 5.41) is 2.03. The Balaban J connectivity index is 1.73. The van der Waals surface area contributed by atoms with Gasteiger partial charge in [0.05, 0.1) is 16.3 Å². The Kier molecular flexibility index (Phi) is 3.40. The molecule has 23 heavy (non-hydrogen) atoms. The number of benzene rings is 1. The Morgan fingerprint density at radius 2 is 1.61 bits per heavy atom. The standard InChI is InChI=1S/C18H14N4S/c19-18-20-15(12-16(21-18)17-4-3-11-23-17)13-5-7-14(8-6-13)22-9-1-2-10-22/h1-12H,(H2,19,20,21). The molecule has 0 spiro atoms. The van der Waals surface area contributed by atoms with E-state index in [0.717, 1.165) is 27.5 Å². The third-order valence-corrected chi connectivity index (χ3v) is 4.48. The molecule has 4 rings (SSSR count). The Morgan fingerprint density at radius 1 is 0.870 bits per heavy atom. The summed E-state index contributed by atoms with van der Waals surface area (Å²) in [6.45, 7) is 0. The molecule has 0 aliphatic carbocycles. The van der Waals surface area contributed by atoms with Gasteiger partial charge in [-0.15, -0.1) is 11.3 Å². The fraction of sp³-hybridized carbons (Fsp3) is 0. The van der Waals surface area contributed by atoms with Crippen molar-refractivity contribution < 1.29 is 0 Å². The van der Waals surface area contributed by atoms with Crippen LogP contribution in [0, 0.1) is 0 Å². The quantitative estimate of drug-likeness (QED) is 0.614. The summed E-state index contributed by atoms with van der Waals surface area (Å²) < 4.78 is 2.06. The molecule has 0 amide bonds. The van der Waals surface area contributed by atoms with Gasteiger partial charge in [0.2, 0.25) is 5.95 Å². The minimum Gasteiger partial charge on any atom is -0.368 e. The van der Waals surface area contributed by atoms with Gasteiger partial charge in [-0.2, -0.15) is 0 Å². The van der Waals surface area contributed by atoms with Crippen LogP contribution in [0.3, 0.4) is 0 Å². The van der Waals surface area contributed by atoms with E-state index in [4.69, 9.17) is 5.73 Å². The van der Waals surface area contributed by atoms with Crippen molar-refractivity contribution in [2.24, 2.45) is 0 Å². The summed E-state index contributed by atoms with van der Waals surface area (Å²) in [5.74, 6) is 0.292. The van der Waals surface area contributed by atoms with Gasteiger partial charge in [-0.05, 0) is 41.8 Å². The van der Waals surface area contributed by atoms with E-state index >= 15 is 0 Å². The van der Waals surface area contributed by atoms with E-state index in [2.05, 4.69) is 38.8 Å². The van der Waals surface area contributed by atoms with Crippen LogP contribution in [0.15, 0.2) is 72.4 Å². The van der Waals surface area contributed by atoms with E-state index in [1.54, 1.807) is 11.3 Å². The van der Waals surface area contributed by atoms with Gasteiger partial charge in [0.1, 0.15) is 0 Å². The van der Waals surface area contributed by atoms with Gasteiger partial charge in [0.15, 0.2) is 0 Å². The van der Waals surface area contributed by atoms with E-state index in [1.165, 1.54) is 0 Å². The molecule has 4 nitrogen and oxygen atoms in total. The van der Waals surface area contributed by atoms with E-state index < -0.39 is 0 Å². The van der Waals surface area contributed by atoms with Crippen LogP contribution in [0.4, 0.5) is 5.95 Å². The van der Waals surface area contributed by atoms with Gasteiger partial charge in [-0.1, -0.05) is 18.2 Å². The second-order valence-electron chi connectivity index (χ2n) is 5.11. The van der Waals surface area contributed by atoms with Crippen molar-refractivity contribution in [2.45, 2.75) is 0 Å². The van der Waals surface area contributed by atoms with Crippen LogP contribution >= 0.6 is 11.3 Å². The molecule has 0 bridgehead atoms. The van der Waals surface area contributed by atoms with Crippen molar-refractivity contribution in [3.8, 4) is 27.5 Å². The first kappa shape index (κ1) is 13.7. The van der Waals surface area contributed by atoms with E-state index in [1.807, 2.05) is 48.1 Å². The molecular formula is C18H14N4S. The number of nitrogens with zero attached hydrogens (tertiary/aromatic N) is 3. The van der Waals surface area contributed by atoms with Crippen molar-refractivity contribution in [3.05, 3.63) is 72.4 Å². The molecule has 0 aliphatic heterocycles. The smallest absolute Gasteiger partial charge is 0.221 e. The van der Waals surface area contributed by atoms with Crippen molar-refractivity contribution in [3.63, 3.8) is 0 Å². The third-order valence-electron chi connectivity index (χ3n) is 3.58. The second kappa shape index (κ2) is 5.70. The summed E-state index contributed by atoms with van der Waals surface area (Å²) in [7, 11) is 0. The summed E-state index contributed by atoms with van der Waals surface area (Å²) in [4.78, 5) is 9.79. The van der Waals surface area contributed by atoms with Gasteiger partial charge in [-0.3, -0.25) is 0 Å². The van der Waals surface area contributed by atoms with Crippen LogP contribution in [-0.2, 0) is 0 Å². The fourth-order valence-electron chi connectivity index (χ4n) is 2.48. The number of hydrogen-bond donors (Lipinski definition) is 1. The maximum absolute atomic E-state index is 5.89. The van der Waals surface area contributed by atoms with Crippen molar-refractivity contribution >= 4 is 17.3 Å². The first-order valence-corrected chi connectivity index (χ1v) is 8.10. The van der Waals surface area contributed by atoms with Gasteiger partial charge >= 0.3 is 0 Å². The highest BCUT2D eigenvalue weighted by Crippen LogP contribution is 2.27. The first-order chi connectivity index (χ1) is 11.3. The first-order valence-electron chi connectivity index (χ1n) is 7.22. The zero-order valence-electron chi connectivity index (χ0n) is 12.3. The lowest BCUT2D eigenvalue weighted by Crippen LogP contribution is -1.98. The van der Waals surface area contributed by atoms with Crippen LogP contribution in [0.25, 0.3) is 27.5 Å². The minimum absolute atomic E-state index is 0.292. The molecule has 2 N–H and O–H groups in total. The highest BCUT2D eigenvalue weighted by Gasteiger charge is 2.08. The molecule has 1 aromatic carbocycles. The molecule has 0 aliphatic rings. The molecule has 112 valence electrons. The van der Waals surface area contributed by atoms with Crippen LogP contribution in [0.5, 0.6) is 0 Å². The predicted molar refractivity (Wildman–Crippen MR) is 94.5 cm³/mol. The number of anilines is 1. The summed E-state index contributed by atoms with van der Waals surface area (Å²) in [6.07, 6.45) is 4.04. The maximum atomic E-state index is 5.89. The van der Waals surface area contributed by atoms with Gasteiger partial charge in [0.25, 0.3) is 0 Å². The van der Waals surface area contributed by atoms with Crippen molar-refractivity contribution in [2.75, 3.05) is 5.73 Å². The molecule has 4 aromatic rings. The predicted octanol–water partition coefficient (Wildman–Crippen LogP) is 4.25. The lowest BCUT2D eigenvalue weighted by Gasteiger charge is -2.07. The third kappa shape index (κ3) is 2.74. The molecule has 0 saturated carbocycles. The van der Waals surface area contributed by atoms with E-state index in [-0.39, 0.29) is 0 Å².